The molecule has 1 aliphatic heterocycles. The summed E-state index contributed by atoms with van der Waals surface area (Å²) in [5, 5.41) is 7.24. The molecule has 1 aliphatic rings. The molecule has 2 heterocycles. The number of hydrogen-bond donors (Lipinski definition) is 1. The molecule has 0 bridgehead atoms. The van der Waals surface area contributed by atoms with Crippen LogP contribution in [-0.4, -0.2) is 27.8 Å². The van der Waals surface area contributed by atoms with E-state index in [9.17, 15) is 0 Å². The van der Waals surface area contributed by atoms with Crippen LogP contribution in [0.15, 0.2) is 36.4 Å². The van der Waals surface area contributed by atoms with Crippen LogP contribution in [-0.2, 0) is 20.0 Å². The van der Waals surface area contributed by atoms with Gasteiger partial charge >= 0.3 is 0 Å². The quantitative estimate of drug-likeness (QED) is 0.797. The van der Waals surface area contributed by atoms with Gasteiger partial charge in [0.05, 0.1) is 5.69 Å². The molecule has 0 saturated carbocycles. The van der Waals surface area contributed by atoms with Gasteiger partial charge in [-0.05, 0) is 47.7 Å². The highest BCUT2D eigenvalue weighted by molar-refractivity contribution is 5.87. The largest absolute Gasteiger partial charge is 0.329 e. The minimum Gasteiger partial charge on any atom is -0.329 e. The molecule has 0 saturated heterocycles. The highest BCUT2D eigenvalue weighted by atomic mass is 15.3. The fraction of sp³-hybridized carbons (Fsp3) is 0.381. The molecule has 4 nitrogen and oxygen atoms in total. The summed E-state index contributed by atoms with van der Waals surface area (Å²) in [5.74, 6) is 0. The van der Waals surface area contributed by atoms with Crippen LogP contribution in [0.2, 0.25) is 0 Å². The van der Waals surface area contributed by atoms with Gasteiger partial charge in [0.15, 0.2) is 0 Å². The van der Waals surface area contributed by atoms with E-state index in [1.54, 1.807) is 0 Å². The van der Waals surface area contributed by atoms with Crippen LogP contribution in [0.3, 0.4) is 0 Å². The van der Waals surface area contributed by atoms with Crippen LogP contribution >= 0.6 is 0 Å². The maximum absolute atomic E-state index is 6.16. The molecular weight excluding hydrogens is 308 g/mol. The zero-order valence-electron chi connectivity index (χ0n) is 15.3. The second kappa shape index (κ2) is 6.28. The number of hydrogen-bond acceptors (Lipinski definition) is 3. The zero-order chi connectivity index (χ0) is 17.6. The molecule has 0 amide bonds. The average Bonchev–Trinajstić information content (AvgIpc) is 3.10. The van der Waals surface area contributed by atoms with Crippen molar-refractivity contribution in [3.05, 3.63) is 64.5 Å². The standard InChI is InChI=1S/C21H26N4/c1-14-17(15(2)24(3)23-14)10-11-25-13-20-18-7-5-4-6-16(18)8-9-19(20)21(25)12-22/h4-9,21H,10-13,22H2,1-3H3. The molecule has 4 heteroatoms. The van der Waals surface area contributed by atoms with E-state index in [0.717, 1.165) is 25.2 Å². The third-order valence-corrected chi connectivity index (χ3v) is 5.77. The van der Waals surface area contributed by atoms with Gasteiger partial charge in [0, 0.05) is 38.4 Å². The first-order chi connectivity index (χ1) is 12.1. The van der Waals surface area contributed by atoms with E-state index in [2.05, 4.69) is 60.2 Å². The molecule has 3 aromatic rings. The Bertz CT molecular complexity index is 925. The van der Waals surface area contributed by atoms with E-state index in [1.807, 2.05) is 11.7 Å². The van der Waals surface area contributed by atoms with Gasteiger partial charge in [0.2, 0.25) is 0 Å². The Kier molecular flexibility index (Phi) is 4.10. The number of benzene rings is 2. The molecule has 0 fully saturated rings. The van der Waals surface area contributed by atoms with Crippen molar-refractivity contribution in [1.82, 2.24) is 14.7 Å². The fourth-order valence-corrected chi connectivity index (χ4v) is 4.30. The van der Waals surface area contributed by atoms with Crippen LogP contribution in [0.5, 0.6) is 0 Å². The molecule has 1 unspecified atom stereocenters. The van der Waals surface area contributed by atoms with Crippen molar-refractivity contribution >= 4 is 10.8 Å². The number of nitrogens with two attached hydrogens (primary N) is 1. The minimum absolute atomic E-state index is 0.317. The van der Waals surface area contributed by atoms with Crippen LogP contribution < -0.4 is 5.73 Å². The monoisotopic (exact) mass is 334 g/mol. The summed E-state index contributed by atoms with van der Waals surface area (Å²) in [5.41, 5.74) is 12.8. The Morgan fingerprint density at radius 1 is 1.16 bits per heavy atom. The van der Waals surface area contributed by atoms with Crippen LogP contribution in [0, 0.1) is 13.8 Å². The van der Waals surface area contributed by atoms with Gasteiger partial charge in [-0.1, -0.05) is 36.4 Å². The van der Waals surface area contributed by atoms with Crippen LogP contribution in [0.4, 0.5) is 0 Å². The molecule has 2 aromatic carbocycles. The maximum Gasteiger partial charge on any atom is 0.0628 e. The predicted molar refractivity (Wildman–Crippen MR) is 103 cm³/mol. The summed E-state index contributed by atoms with van der Waals surface area (Å²) in [6.45, 7) is 6.92. The Morgan fingerprint density at radius 2 is 1.96 bits per heavy atom. The second-order valence-corrected chi connectivity index (χ2v) is 7.10. The Morgan fingerprint density at radius 3 is 2.68 bits per heavy atom. The molecule has 0 radical (unpaired) electrons. The van der Waals surface area contributed by atoms with Crippen LogP contribution in [0.1, 0.15) is 34.1 Å². The summed E-state index contributed by atoms with van der Waals surface area (Å²) in [6, 6.07) is 13.5. The molecule has 25 heavy (non-hydrogen) atoms. The van der Waals surface area contributed by atoms with Gasteiger partial charge < -0.3 is 5.73 Å². The summed E-state index contributed by atoms with van der Waals surface area (Å²) in [7, 11) is 2.02. The van der Waals surface area contributed by atoms with Crippen molar-refractivity contribution in [3.63, 3.8) is 0 Å². The van der Waals surface area contributed by atoms with Gasteiger partial charge in [-0.25, -0.2) is 0 Å². The Labute approximate surface area is 149 Å². The first-order valence-electron chi connectivity index (χ1n) is 9.04. The highest BCUT2D eigenvalue weighted by Gasteiger charge is 2.30. The van der Waals surface area contributed by atoms with Crippen molar-refractivity contribution in [2.45, 2.75) is 32.9 Å². The normalized spacial score (nSPS) is 17.4. The third kappa shape index (κ3) is 2.66. The molecule has 2 N–H and O–H groups in total. The lowest BCUT2D eigenvalue weighted by molar-refractivity contribution is 0.223. The van der Waals surface area contributed by atoms with Crippen molar-refractivity contribution in [1.29, 1.82) is 0 Å². The van der Waals surface area contributed by atoms with Gasteiger partial charge in [-0.2, -0.15) is 5.10 Å². The van der Waals surface area contributed by atoms with Crippen LogP contribution in [0.25, 0.3) is 10.8 Å². The molecule has 130 valence electrons. The van der Waals surface area contributed by atoms with Gasteiger partial charge in [0.1, 0.15) is 0 Å². The van der Waals surface area contributed by atoms with Gasteiger partial charge in [-0.3, -0.25) is 9.58 Å². The summed E-state index contributed by atoms with van der Waals surface area (Å²) in [4.78, 5) is 2.53. The van der Waals surface area contributed by atoms with Gasteiger partial charge in [-0.15, -0.1) is 0 Å². The molecule has 4 rings (SSSR count). The summed E-state index contributed by atoms with van der Waals surface area (Å²) < 4.78 is 1.98. The first-order valence-corrected chi connectivity index (χ1v) is 9.04. The lowest BCUT2D eigenvalue weighted by atomic mass is 9.98. The van der Waals surface area contributed by atoms with E-state index in [-0.39, 0.29) is 0 Å². The number of aromatic nitrogens is 2. The first kappa shape index (κ1) is 16.3. The number of fused-ring (bicyclic) bond motifs is 3. The van der Waals surface area contributed by atoms with E-state index < -0.39 is 0 Å². The molecule has 1 atom stereocenters. The Balaban J connectivity index is 1.62. The topological polar surface area (TPSA) is 47.1 Å². The highest BCUT2D eigenvalue weighted by Crippen LogP contribution is 2.37. The molecular formula is C21H26N4. The molecule has 0 aliphatic carbocycles. The minimum atomic E-state index is 0.317. The van der Waals surface area contributed by atoms with Crippen molar-refractivity contribution < 1.29 is 0 Å². The molecule has 0 spiro atoms. The summed E-state index contributed by atoms with van der Waals surface area (Å²) in [6.07, 6.45) is 1.02. The maximum atomic E-state index is 6.16. The fourth-order valence-electron chi connectivity index (χ4n) is 4.30. The van der Waals surface area contributed by atoms with Crippen molar-refractivity contribution in [3.8, 4) is 0 Å². The van der Waals surface area contributed by atoms with Gasteiger partial charge in [0.25, 0.3) is 0 Å². The number of nitrogens with zero attached hydrogens (tertiary/aromatic N) is 3. The third-order valence-electron chi connectivity index (χ3n) is 5.77. The second-order valence-electron chi connectivity index (χ2n) is 7.10. The van der Waals surface area contributed by atoms with E-state index in [4.69, 9.17) is 5.73 Å². The average molecular weight is 334 g/mol. The van der Waals surface area contributed by atoms with Crippen molar-refractivity contribution in [2.75, 3.05) is 13.1 Å². The number of aryl methyl sites for hydroxylation is 2. The predicted octanol–water partition coefficient (Wildman–Crippen LogP) is 3.25. The zero-order valence-corrected chi connectivity index (χ0v) is 15.3. The smallest absolute Gasteiger partial charge is 0.0628 e. The number of rotatable bonds is 4. The van der Waals surface area contributed by atoms with E-state index >= 15 is 0 Å². The van der Waals surface area contributed by atoms with E-state index in [0.29, 0.717) is 12.6 Å². The Hall–Kier alpha value is -2.17. The van der Waals surface area contributed by atoms with Crippen molar-refractivity contribution in [2.24, 2.45) is 12.8 Å². The SMILES string of the molecule is Cc1nn(C)c(C)c1CCN1Cc2c(ccc3ccccc23)C1CN. The lowest BCUT2D eigenvalue weighted by Gasteiger charge is -2.23. The molecule has 1 aromatic heterocycles. The summed E-state index contributed by atoms with van der Waals surface area (Å²) >= 11 is 0. The van der Waals surface area contributed by atoms with E-state index in [1.165, 1.54) is 33.2 Å². The lowest BCUT2D eigenvalue weighted by Crippen LogP contribution is -2.29.